The molecule has 25 heavy (non-hydrogen) atoms. The zero-order valence-corrected chi connectivity index (χ0v) is 12.4. The molecule has 3 rings (SSSR count). The Balaban J connectivity index is 1.94. The second-order valence-corrected chi connectivity index (χ2v) is 5.16. The van der Waals surface area contributed by atoms with E-state index in [1.165, 1.54) is 30.3 Å². The van der Waals surface area contributed by atoms with Crippen molar-refractivity contribution in [3.8, 4) is 0 Å². The summed E-state index contributed by atoms with van der Waals surface area (Å²) in [5.74, 6) is -4.66. The van der Waals surface area contributed by atoms with Gasteiger partial charge in [-0.3, -0.25) is 4.79 Å². The summed E-state index contributed by atoms with van der Waals surface area (Å²) in [7, 11) is 0. The summed E-state index contributed by atoms with van der Waals surface area (Å²) in [6.07, 6.45) is -4.77. The Morgan fingerprint density at radius 1 is 1.08 bits per heavy atom. The summed E-state index contributed by atoms with van der Waals surface area (Å²) in [4.78, 5) is 15.5. The zero-order chi connectivity index (χ0) is 18.2. The molecule has 3 aromatic rings. The molecule has 0 aliphatic carbocycles. The van der Waals surface area contributed by atoms with Crippen LogP contribution in [0.25, 0.3) is 11.0 Å². The zero-order valence-electron chi connectivity index (χ0n) is 12.4. The van der Waals surface area contributed by atoms with Crippen molar-refractivity contribution >= 4 is 22.6 Å². The molecule has 0 spiro atoms. The third kappa shape index (κ3) is 3.30. The Morgan fingerprint density at radius 2 is 1.80 bits per heavy atom. The van der Waals surface area contributed by atoms with Gasteiger partial charge in [-0.1, -0.05) is 18.2 Å². The van der Waals surface area contributed by atoms with E-state index in [0.29, 0.717) is 4.57 Å². The van der Waals surface area contributed by atoms with Gasteiger partial charge in [-0.25, -0.2) is 13.8 Å². The number of carbonyl (C=O) groups excluding carboxylic acids is 1. The minimum Gasteiger partial charge on any atom is -0.322 e. The van der Waals surface area contributed by atoms with Gasteiger partial charge in [0, 0.05) is 0 Å². The van der Waals surface area contributed by atoms with Crippen LogP contribution in [-0.4, -0.2) is 15.5 Å². The van der Waals surface area contributed by atoms with E-state index in [1.54, 1.807) is 0 Å². The van der Waals surface area contributed by atoms with Gasteiger partial charge in [-0.2, -0.15) is 13.2 Å². The van der Waals surface area contributed by atoms with E-state index in [1.807, 2.05) is 0 Å². The lowest BCUT2D eigenvalue weighted by molar-refractivity contribution is -0.147. The fourth-order valence-electron chi connectivity index (χ4n) is 2.39. The van der Waals surface area contributed by atoms with Crippen molar-refractivity contribution in [2.75, 3.05) is 5.32 Å². The van der Waals surface area contributed by atoms with Gasteiger partial charge < -0.3 is 9.88 Å². The molecule has 0 bridgehead atoms. The van der Waals surface area contributed by atoms with Crippen LogP contribution in [0.1, 0.15) is 5.82 Å². The van der Waals surface area contributed by atoms with Crippen LogP contribution >= 0.6 is 0 Å². The van der Waals surface area contributed by atoms with Crippen LogP contribution < -0.4 is 5.32 Å². The molecule has 0 saturated heterocycles. The Hall–Kier alpha value is -2.97. The van der Waals surface area contributed by atoms with E-state index < -0.39 is 41.8 Å². The standard InChI is InChI=1S/C16H10F5N3O/c17-9-4-3-6-11(14(9)18)22-13(25)8-24-12-7-2-1-5-10(12)23-15(24)16(19,20)21/h1-7H,8H2,(H,22,25). The number of halogens is 5. The van der Waals surface area contributed by atoms with E-state index in [9.17, 15) is 26.7 Å². The quantitative estimate of drug-likeness (QED) is 0.723. The number of imidazole rings is 1. The molecule has 9 heteroatoms. The van der Waals surface area contributed by atoms with Gasteiger partial charge in [0.1, 0.15) is 6.54 Å². The molecular weight excluding hydrogens is 345 g/mol. The number of hydrogen-bond donors (Lipinski definition) is 1. The van der Waals surface area contributed by atoms with Crippen molar-refractivity contribution < 1.29 is 26.7 Å². The average Bonchev–Trinajstić information content (AvgIpc) is 2.91. The fraction of sp³-hybridized carbons (Fsp3) is 0.125. The third-order valence-electron chi connectivity index (χ3n) is 3.44. The normalized spacial score (nSPS) is 11.7. The number of alkyl halides is 3. The van der Waals surface area contributed by atoms with Crippen molar-refractivity contribution in [2.45, 2.75) is 12.7 Å². The second kappa shape index (κ2) is 6.15. The summed E-state index contributed by atoms with van der Waals surface area (Å²) in [6.45, 7) is -0.759. The SMILES string of the molecule is O=C(Cn1c(C(F)(F)F)nc2ccccc21)Nc1cccc(F)c1F. The van der Waals surface area contributed by atoms with Crippen LogP contribution in [0, 0.1) is 11.6 Å². The number of para-hydroxylation sites is 2. The van der Waals surface area contributed by atoms with Gasteiger partial charge in [0.05, 0.1) is 16.7 Å². The maximum atomic E-state index is 13.6. The Labute approximate surface area is 137 Å². The Kier molecular flexibility index (Phi) is 4.15. The smallest absolute Gasteiger partial charge is 0.322 e. The molecule has 1 amide bonds. The van der Waals surface area contributed by atoms with Crippen molar-refractivity contribution in [1.29, 1.82) is 0 Å². The number of aromatic nitrogens is 2. The van der Waals surface area contributed by atoms with Gasteiger partial charge in [0.2, 0.25) is 11.7 Å². The highest BCUT2D eigenvalue weighted by Crippen LogP contribution is 2.31. The van der Waals surface area contributed by atoms with Gasteiger partial charge in [0.15, 0.2) is 11.6 Å². The molecule has 0 radical (unpaired) electrons. The van der Waals surface area contributed by atoms with Crippen LogP contribution in [0.4, 0.5) is 27.6 Å². The number of nitrogens with one attached hydrogen (secondary N) is 1. The largest absolute Gasteiger partial charge is 0.449 e. The maximum Gasteiger partial charge on any atom is 0.449 e. The first-order valence-electron chi connectivity index (χ1n) is 7.03. The van der Waals surface area contributed by atoms with Gasteiger partial charge in [-0.05, 0) is 24.3 Å². The highest BCUT2D eigenvalue weighted by molar-refractivity contribution is 5.91. The van der Waals surface area contributed by atoms with E-state index in [-0.39, 0.29) is 11.0 Å². The predicted octanol–water partition coefficient (Wildman–Crippen LogP) is 3.97. The average molecular weight is 355 g/mol. The van der Waals surface area contributed by atoms with Crippen LogP contribution in [-0.2, 0) is 17.5 Å². The number of rotatable bonds is 3. The van der Waals surface area contributed by atoms with E-state index in [2.05, 4.69) is 10.3 Å². The molecule has 1 heterocycles. The van der Waals surface area contributed by atoms with Crippen molar-refractivity contribution in [2.24, 2.45) is 0 Å². The molecule has 1 aromatic heterocycles. The fourth-order valence-corrected chi connectivity index (χ4v) is 2.39. The first-order chi connectivity index (χ1) is 11.8. The van der Waals surface area contributed by atoms with Crippen molar-refractivity contribution in [3.63, 3.8) is 0 Å². The molecule has 0 unspecified atom stereocenters. The summed E-state index contributed by atoms with van der Waals surface area (Å²) >= 11 is 0. The molecule has 0 saturated carbocycles. The minimum absolute atomic E-state index is 0.0690. The third-order valence-corrected chi connectivity index (χ3v) is 3.44. The number of nitrogens with zero attached hydrogens (tertiary/aromatic N) is 2. The van der Waals surface area contributed by atoms with E-state index in [4.69, 9.17) is 0 Å². The molecule has 0 fully saturated rings. The number of hydrogen-bond acceptors (Lipinski definition) is 2. The monoisotopic (exact) mass is 355 g/mol. The molecule has 1 N–H and O–H groups in total. The van der Waals surface area contributed by atoms with Gasteiger partial charge in [0.25, 0.3) is 0 Å². The maximum absolute atomic E-state index is 13.6. The molecule has 130 valence electrons. The number of benzene rings is 2. The number of anilines is 1. The number of fused-ring (bicyclic) bond motifs is 1. The topological polar surface area (TPSA) is 46.9 Å². The van der Waals surface area contributed by atoms with Crippen molar-refractivity contribution in [1.82, 2.24) is 9.55 Å². The van der Waals surface area contributed by atoms with Crippen molar-refractivity contribution in [3.05, 3.63) is 59.9 Å². The second-order valence-electron chi connectivity index (χ2n) is 5.16. The molecule has 4 nitrogen and oxygen atoms in total. The first kappa shape index (κ1) is 16.9. The Bertz CT molecular complexity index is 949. The highest BCUT2D eigenvalue weighted by Gasteiger charge is 2.38. The lowest BCUT2D eigenvalue weighted by Crippen LogP contribution is -2.23. The van der Waals surface area contributed by atoms with Crippen LogP contribution in [0.5, 0.6) is 0 Å². The minimum atomic E-state index is -4.77. The van der Waals surface area contributed by atoms with E-state index in [0.717, 1.165) is 12.1 Å². The summed E-state index contributed by atoms with van der Waals surface area (Å²) in [5.41, 5.74) is -0.285. The van der Waals surface area contributed by atoms with Crippen LogP contribution in [0.3, 0.4) is 0 Å². The predicted molar refractivity (Wildman–Crippen MR) is 79.7 cm³/mol. The summed E-state index contributed by atoms with van der Waals surface area (Å²) in [6, 6.07) is 8.91. The van der Waals surface area contributed by atoms with Crippen LogP contribution in [0.2, 0.25) is 0 Å². The van der Waals surface area contributed by atoms with Crippen LogP contribution in [0.15, 0.2) is 42.5 Å². The number of carbonyl (C=O) groups is 1. The van der Waals surface area contributed by atoms with Gasteiger partial charge >= 0.3 is 6.18 Å². The number of amides is 1. The molecule has 2 aromatic carbocycles. The Morgan fingerprint density at radius 3 is 2.52 bits per heavy atom. The molecule has 0 aliphatic heterocycles. The summed E-state index contributed by atoms with van der Waals surface area (Å²) in [5, 5.41) is 2.06. The molecule has 0 aliphatic rings. The van der Waals surface area contributed by atoms with Gasteiger partial charge in [-0.15, -0.1) is 0 Å². The highest BCUT2D eigenvalue weighted by atomic mass is 19.4. The lowest BCUT2D eigenvalue weighted by atomic mass is 10.3. The first-order valence-corrected chi connectivity index (χ1v) is 7.03. The molecule has 0 atom stereocenters. The van der Waals surface area contributed by atoms with E-state index >= 15 is 0 Å². The summed E-state index contributed by atoms with van der Waals surface area (Å²) < 4.78 is 66.9. The molecular formula is C16H10F5N3O. The lowest BCUT2D eigenvalue weighted by Gasteiger charge is -2.12.